The third-order valence-corrected chi connectivity index (χ3v) is 4.26. The third-order valence-electron chi connectivity index (χ3n) is 4.26. The number of unbranched alkanes of at least 4 members (excludes halogenated alkanes) is 6. The van der Waals surface area contributed by atoms with Crippen LogP contribution in [-0.2, 0) is 27.3 Å². The average Bonchev–Trinajstić information content (AvgIpc) is 3.10. The standard InChI is InChI=1S/C19H28O3.C4H10O.C2H6O2.6C2H4/c1-3-5-6-7-8-9-10-11-16-12-13-18(20)17(14-16)15-22-19(21)4-2;1-3-5-4-2;3-1-2-4;6*1-2/h4,12-14,20H,2-3,5-11,15H2,1H3;3-4H2,1-2H3;3-4H,1-2H2;6*1-2H2. The summed E-state index contributed by atoms with van der Waals surface area (Å²) in [7, 11) is 0. The maximum absolute atomic E-state index is 11.1. The molecule has 0 aliphatic rings. The van der Waals surface area contributed by atoms with Gasteiger partial charge in [-0.05, 0) is 44.4 Å². The number of aliphatic hydroxyl groups is 2. The zero-order valence-corrected chi connectivity index (χ0v) is 28.3. The summed E-state index contributed by atoms with van der Waals surface area (Å²) in [4.78, 5) is 11.1. The summed E-state index contributed by atoms with van der Waals surface area (Å²) in [6, 6.07) is 5.53. The molecule has 0 amide bonds. The molecule has 0 saturated carbocycles. The number of phenols is 1. The number of rotatable bonds is 14. The van der Waals surface area contributed by atoms with E-state index in [1.165, 1.54) is 44.1 Å². The first-order valence-corrected chi connectivity index (χ1v) is 14.4. The number of carbonyl (C=O) groups excluding carboxylic acids is 1. The number of aromatic hydroxyl groups is 1. The Morgan fingerprint density at radius 3 is 1.49 bits per heavy atom. The van der Waals surface area contributed by atoms with Crippen LogP contribution < -0.4 is 0 Å². The maximum atomic E-state index is 11.1. The predicted molar refractivity (Wildman–Crippen MR) is 194 cm³/mol. The zero-order chi connectivity index (χ0) is 35.7. The van der Waals surface area contributed by atoms with Gasteiger partial charge in [0, 0.05) is 24.9 Å². The number of carbonyl (C=O) groups is 1. The van der Waals surface area contributed by atoms with Gasteiger partial charge in [0.05, 0.1) is 13.2 Å². The van der Waals surface area contributed by atoms with Crippen molar-refractivity contribution in [1.82, 2.24) is 0 Å². The van der Waals surface area contributed by atoms with Gasteiger partial charge >= 0.3 is 5.97 Å². The van der Waals surface area contributed by atoms with Crippen molar-refractivity contribution < 1.29 is 29.6 Å². The summed E-state index contributed by atoms with van der Waals surface area (Å²) in [5, 5.41) is 25.0. The van der Waals surface area contributed by atoms with E-state index in [1.54, 1.807) is 6.07 Å². The number of benzene rings is 1. The van der Waals surface area contributed by atoms with Crippen LogP contribution in [0.15, 0.2) is 110 Å². The molecule has 0 unspecified atom stereocenters. The number of esters is 1. The minimum absolute atomic E-state index is 0.0849. The van der Waals surface area contributed by atoms with E-state index in [-0.39, 0.29) is 25.6 Å². The van der Waals surface area contributed by atoms with Crippen molar-refractivity contribution in [3.63, 3.8) is 0 Å². The van der Waals surface area contributed by atoms with Gasteiger partial charge < -0.3 is 24.8 Å². The lowest BCUT2D eigenvalue weighted by Crippen LogP contribution is -2.01. The zero-order valence-electron chi connectivity index (χ0n) is 28.3. The molecule has 0 heterocycles. The fourth-order valence-electron chi connectivity index (χ4n) is 2.61. The van der Waals surface area contributed by atoms with E-state index in [4.69, 9.17) is 19.7 Å². The lowest BCUT2D eigenvalue weighted by Gasteiger charge is -2.08. The number of phenolic OH excluding ortho intramolecular Hbond substituents is 1. The molecule has 0 spiro atoms. The molecule has 0 bridgehead atoms. The molecule has 0 fully saturated rings. The van der Waals surface area contributed by atoms with Gasteiger partial charge in [0.1, 0.15) is 12.4 Å². The predicted octanol–water partition coefficient (Wildman–Crippen LogP) is 9.74. The van der Waals surface area contributed by atoms with Crippen molar-refractivity contribution in [2.45, 2.75) is 78.7 Å². The first-order valence-electron chi connectivity index (χ1n) is 14.4. The van der Waals surface area contributed by atoms with Gasteiger partial charge in [0.25, 0.3) is 0 Å². The monoisotopic (exact) mass is 609 g/mol. The van der Waals surface area contributed by atoms with Crippen LogP contribution in [0.2, 0.25) is 0 Å². The Hall–Kier alpha value is -3.45. The molecule has 0 aliphatic carbocycles. The summed E-state index contributed by atoms with van der Waals surface area (Å²) in [6.45, 7) is 47.1. The van der Waals surface area contributed by atoms with E-state index in [1.807, 2.05) is 26.0 Å². The Morgan fingerprint density at radius 1 is 0.721 bits per heavy atom. The van der Waals surface area contributed by atoms with Crippen LogP contribution >= 0.6 is 0 Å². The van der Waals surface area contributed by atoms with Crippen LogP contribution in [0.1, 0.15) is 76.8 Å². The van der Waals surface area contributed by atoms with Crippen molar-refractivity contribution >= 4 is 5.97 Å². The Balaban J connectivity index is -0.0000000803. The maximum Gasteiger partial charge on any atom is 0.330 e. The molecule has 0 atom stereocenters. The fourth-order valence-corrected chi connectivity index (χ4v) is 2.61. The minimum atomic E-state index is -0.475. The molecule has 1 aromatic carbocycles. The molecule has 6 nitrogen and oxygen atoms in total. The molecule has 1 rings (SSSR count). The number of hydrogen-bond acceptors (Lipinski definition) is 6. The average molecular weight is 609 g/mol. The van der Waals surface area contributed by atoms with E-state index >= 15 is 0 Å². The second-order valence-electron chi connectivity index (χ2n) is 6.87. The number of aryl methyl sites for hydroxylation is 1. The van der Waals surface area contributed by atoms with E-state index in [2.05, 4.69) is 92.4 Å². The van der Waals surface area contributed by atoms with Crippen molar-refractivity contribution in [3.8, 4) is 5.75 Å². The smallest absolute Gasteiger partial charge is 0.330 e. The summed E-state index contributed by atoms with van der Waals surface area (Å²) in [5.74, 6) is -0.308. The lowest BCUT2D eigenvalue weighted by atomic mass is 10.0. The van der Waals surface area contributed by atoms with Gasteiger partial charge in [-0.2, -0.15) is 0 Å². The van der Waals surface area contributed by atoms with Gasteiger partial charge in [-0.15, -0.1) is 78.9 Å². The van der Waals surface area contributed by atoms with Gasteiger partial charge in [-0.25, -0.2) is 4.79 Å². The molecule has 43 heavy (non-hydrogen) atoms. The van der Waals surface area contributed by atoms with Crippen LogP contribution in [0.5, 0.6) is 5.75 Å². The van der Waals surface area contributed by atoms with Crippen molar-refractivity contribution in [3.05, 3.63) is 121 Å². The van der Waals surface area contributed by atoms with Crippen LogP contribution in [0.3, 0.4) is 0 Å². The Kier molecular flexibility index (Phi) is 98.3. The van der Waals surface area contributed by atoms with Gasteiger partial charge in [-0.3, -0.25) is 0 Å². The molecule has 1 aromatic rings. The largest absolute Gasteiger partial charge is 0.508 e. The second kappa shape index (κ2) is 71.6. The molecule has 0 aliphatic heterocycles. The molecule has 6 heteroatoms. The SMILES string of the molecule is C=C.C=C.C=C.C=C.C=C.C=C.C=CC(=O)OCc1cc(CCCCCCCCC)ccc1O.CCOCC.OCCO. The highest BCUT2D eigenvalue weighted by Crippen LogP contribution is 2.21. The summed E-state index contributed by atoms with van der Waals surface area (Å²) in [6.07, 6.45) is 11.1. The molecule has 0 aromatic heterocycles. The van der Waals surface area contributed by atoms with Crippen LogP contribution in [0, 0.1) is 0 Å². The molecule has 252 valence electrons. The highest BCUT2D eigenvalue weighted by Gasteiger charge is 2.05. The number of ether oxygens (including phenoxy) is 2. The van der Waals surface area contributed by atoms with E-state index in [9.17, 15) is 9.90 Å². The summed E-state index contributed by atoms with van der Waals surface area (Å²) in [5.41, 5.74) is 1.83. The lowest BCUT2D eigenvalue weighted by molar-refractivity contribution is -0.139. The third kappa shape index (κ3) is 63.2. The van der Waals surface area contributed by atoms with Crippen LogP contribution in [-0.4, -0.2) is 47.7 Å². The van der Waals surface area contributed by atoms with Gasteiger partial charge in [0.15, 0.2) is 0 Å². The Morgan fingerprint density at radius 2 is 1.14 bits per heavy atom. The van der Waals surface area contributed by atoms with Gasteiger partial charge in [-0.1, -0.05) is 58.1 Å². The first kappa shape index (κ1) is 59.0. The van der Waals surface area contributed by atoms with Gasteiger partial charge in [0.2, 0.25) is 0 Å². The quantitative estimate of drug-likeness (QED) is 0.0842. The van der Waals surface area contributed by atoms with Crippen molar-refractivity contribution in [2.75, 3.05) is 26.4 Å². The second-order valence-corrected chi connectivity index (χ2v) is 6.87. The molecule has 0 radical (unpaired) electrons. The molecule has 3 N–H and O–H groups in total. The van der Waals surface area contributed by atoms with Crippen LogP contribution in [0.4, 0.5) is 0 Å². The van der Waals surface area contributed by atoms with E-state index in [0.717, 1.165) is 32.1 Å². The summed E-state index contributed by atoms with van der Waals surface area (Å²) < 4.78 is 9.81. The highest BCUT2D eigenvalue weighted by atomic mass is 16.5. The number of hydrogen-bond donors (Lipinski definition) is 3. The highest BCUT2D eigenvalue weighted by molar-refractivity contribution is 5.81. The van der Waals surface area contributed by atoms with E-state index < -0.39 is 5.97 Å². The Labute approximate surface area is 267 Å². The fraction of sp³-hybridized carbons (Fsp3) is 0.432. The molecular weight excluding hydrogens is 540 g/mol. The summed E-state index contributed by atoms with van der Waals surface area (Å²) >= 11 is 0. The topological polar surface area (TPSA) is 96.2 Å². The normalized spacial score (nSPS) is 7.56. The van der Waals surface area contributed by atoms with Crippen molar-refractivity contribution in [1.29, 1.82) is 0 Å². The van der Waals surface area contributed by atoms with Crippen LogP contribution in [0.25, 0.3) is 0 Å². The minimum Gasteiger partial charge on any atom is -0.508 e. The van der Waals surface area contributed by atoms with Crippen molar-refractivity contribution in [2.24, 2.45) is 0 Å². The first-order chi connectivity index (χ1) is 21.0. The number of aliphatic hydroxyl groups excluding tert-OH is 2. The molecule has 0 saturated heterocycles. The Bertz CT molecular complexity index is 614. The molecular formula is C37H68O6. The van der Waals surface area contributed by atoms with E-state index in [0.29, 0.717) is 5.56 Å².